The molecule has 0 N–H and O–H groups in total. The zero-order valence-corrected chi connectivity index (χ0v) is 16.0. The minimum absolute atomic E-state index is 0.209. The molecule has 1 unspecified atom stereocenters. The average Bonchev–Trinajstić information content (AvgIpc) is 2.62. The van der Waals surface area contributed by atoms with Crippen LogP contribution in [0, 0.1) is 34.5 Å². The van der Waals surface area contributed by atoms with Crippen LogP contribution in [0.25, 0.3) is 6.08 Å². The van der Waals surface area contributed by atoms with Crippen molar-refractivity contribution in [2.75, 3.05) is 0 Å². The lowest BCUT2D eigenvalue weighted by molar-refractivity contribution is 0.122. The highest BCUT2D eigenvalue weighted by atomic mass is 14.4. The van der Waals surface area contributed by atoms with Crippen LogP contribution >= 0.6 is 0 Å². The normalized spacial score (nSPS) is 27.6. The standard InChI is InChI=1S/C24H31N/c1-6-24(5)15-14-22(16-23(24)18(2)3)19(4)8-7-9-20-10-12-21(17-25)13-11-20/h6-7,9-13,19,22-23H,1-2,8,14-16H2,3-5H3/b9-7+/t19?,22-,23+,24-/m1/s1. The van der Waals surface area contributed by atoms with Crippen molar-refractivity contribution in [1.82, 2.24) is 0 Å². The fourth-order valence-corrected chi connectivity index (χ4v) is 4.17. The van der Waals surface area contributed by atoms with Crippen LogP contribution in [0.5, 0.6) is 0 Å². The van der Waals surface area contributed by atoms with Crippen LogP contribution in [0.1, 0.15) is 57.6 Å². The average molecular weight is 334 g/mol. The second kappa shape index (κ2) is 8.34. The first-order valence-corrected chi connectivity index (χ1v) is 9.35. The van der Waals surface area contributed by atoms with Gasteiger partial charge in [-0.3, -0.25) is 0 Å². The van der Waals surface area contributed by atoms with Gasteiger partial charge >= 0.3 is 0 Å². The van der Waals surface area contributed by atoms with Crippen LogP contribution in [-0.2, 0) is 0 Å². The Kier molecular flexibility index (Phi) is 6.43. The van der Waals surface area contributed by atoms with Gasteiger partial charge in [0, 0.05) is 0 Å². The van der Waals surface area contributed by atoms with E-state index in [4.69, 9.17) is 5.26 Å². The van der Waals surface area contributed by atoms with E-state index in [1.165, 1.54) is 24.8 Å². The summed E-state index contributed by atoms with van der Waals surface area (Å²) in [7, 11) is 0. The van der Waals surface area contributed by atoms with Crippen molar-refractivity contribution < 1.29 is 0 Å². The second-order valence-corrected chi connectivity index (χ2v) is 7.99. The summed E-state index contributed by atoms with van der Waals surface area (Å²) in [6.45, 7) is 15.2. The molecule has 1 aliphatic carbocycles. The molecule has 25 heavy (non-hydrogen) atoms. The quantitative estimate of drug-likeness (QED) is 0.526. The fourth-order valence-electron chi connectivity index (χ4n) is 4.17. The van der Waals surface area contributed by atoms with E-state index < -0.39 is 0 Å². The van der Waals surface area contributed by atoms with Gasteiger partial charge in [-0.2, -0.15) is 5.26 Å². The maximum atomic E-state index is 8.86. The predicted octanol–water partition coefficient (Wildman–Crippen LogP) is 6.78. The minimum atomic E-state index is 0.209. The van der Waals surface area contributed by atoms with E-state index in [0.717, 1.165) is 17.9 Å². The van der Waals surface area contributed by atoms with E-state index in [-0.39, 0.29) is 5.41 Å². The third-order valence-electron chi connectivity index (χ3n) is 6.11. The van der Waals surface area contributed by atoms with E-state index in [2.05, 4.69) is 58.2 Å². The van der Waals surface area contributed by atoms with Crippen molar-refractivity contribution in [2.45, 2.75) is 46.5 Å². The molecule has 1 aromatic carbocycles. The minimum Gasteiger partial charge on any atom is -0.192 e. The lowest BCUT2D eigenvalue weighted by Gasteiger charge is -2.45. The topological polar surface area (TPSA) is 23.8 Å². The van der Waals surface area contributed by atoms with Gasteiger partial charge in [0.15, 0.2) is 0 Å². The first kappa shape index (κ1) is 19.3. The second-order valence-electron chi connectivity index (χ2n) is 7.99. The molecule has 0 aromatic heterocycles. The van der Waals surface area contributed by atoms with Crippen LogP contribution in [0.4, 0.5) is 0 Å². The molecule has 1 aliphatic rings. The first-order valence-electron chi connectivity index (χ1n) is 9.35. The molecule has 0 amide bonds. The van der Waals surface area contributed by atoms with Crippen LogP contribution in [-0.4, -0.2) is 0 Å². The van der Waals surface area contributed by atoms with E-state index in [1.54, 1.807) is 0 Å². The molecule has 0 bridgehead atoms. The molecular formula is C24H31N. The number of hydrogen-bond donors (Lipinski definition) is 0. The molecule has 1 heteroatoms. The Hall–Kier alpha value is -2.07. The summed E-state index contributed by atoms with van der Waals surface area (Å²) >= 11 is 0. The maximum absolute atomic E-state index is 8.86. The molecule has 2 rings (SSSR count). The Bertz CT molecular complexity index is 673. The summed E-state index contributed by atoms with van der Waals surface area (Å²) in [4.78, 5) is 0. The van der Waals surface area contributed by atoms with Crippen molar-refractivity contribution >= 4 is 6.08 Å². The summed E-state index contributed by atoms with van der Waals surface area (Å²) in [6.07, 6.45) is 11.4. The Morgan fingerprint density at radius 1 is 1.40 bits per heavy atom. The highest BCUT2D eigenvalue weighted by molar-refractivity contribution is 5.50. The fraction of sp³-hybridized carbons (Fsp3) is 0.458. The zero-order valence-electron chi connectivity index (χ0n) is 16.0. The lowest BCUT2D eigenvalue weighted by atomic mass is 9.60. The van der Waals surface area contributed by atoms with Gasteiger partial charge in [0.25, 0.3) is 0 Å². The maximum Gasteiger partial charge on any atom is 0.0991 e. The van der Waals surface area contributed by atoms with E-state index in [9.17, 15) is 0 Å². The third kappa shape index (κ3) is 4.73. The van der Waals surface area contributed by atoms with E-state index in [1.807, 2.05) is 24.3 Å². The molecule has 0 spiro atoms. The molecule has 132 valence electrons. The van der Waals surface area contributed by atoms with Crippen LogP contribution in [0.2, 0.25) is 0 Å². The molecule has 0 heterocycles. The monoisotopic (exact) mass is 333 g/mol. The SMILES string of the molecule is C=C[C@]1(C)CC[C@@H](C(C)C/C=C/c2ccc(C#N)cc2)C[C@H]1C(=C)C. The summed E-state index contributed by atoms with van der Waals surface area (Å²) < 4.78 is 0. The molecule has 1 aromatic rings. The summed E-state index contributed by atoms with van der Waals surface area (Å²) in [5, 5.41) is 8.86. The van der Waals surface area contributed by atoms with Crippen molar-refractivity contribution in [3.63, 3.8) is 0 Å². The number of nitriles is 1. The zero-order chi connectivity index (χ0) is 18.4. The van der Waals surface area contributed by atoms with Crippen molar-refractivity contribution in [3.8, 4) is 6.07 Å². The van der Waals surface area contributed by atoms with Crippen molar-refractivity contribution in [1.29, 1.82) is 5.26 Å². The highest BCUT2D eigenvalue weighted by Crippen LogP contribution is 2.49. The highest BCUT2D eigenvalue weighted by Gasteiger charge is 2.39. The van der Waals surface area contributed by atoms with Gasteiger partial charge < -0.3 is 0 Å². The molecule has 0 radical (unpaired) electrons. The van der Waals surface area contributed by atoms with Gasteiger partial charge in [-0.15, -0.1) is 6.58 Å². The summed E-state index contributed by atoms with van der Waals surface area (Å²) in [5.41, 5.74) is 3.38. The molecule has 4 atom stereocenters. The first-order chi connectivity index (χ1) is 11.9. The lowest BCUT2D eigenvalue weighted by Crippen LogP contribution is -2.35. The van der Waals surface area contributed by atoms with Crippen LogP contribution in [0.3, 0.4) is 0 Å². The predicted molar refractivity (Wildman–Crippen MR) is 108 cm³/mol. The van der Waals surface area contributed by atoms with Crippen LogP contribution in [0.15, 0.2) is 55.1 Å². The molecular weight excluding hydrogens is 302 g/mol. The van der Waals surface area contributed by atoms with Gasteiger partial charge in [-0.25, -0.2) is 0 Å². The number of rotatable bonds is 6. The van der Waals surface area contributed by atoms with Gasteiger partial charge in [0.05, 0.1) is 11.6 Å². The Morgan fingerprint density at radius 2 is 2.08 bits per heavy atom. The molecule has 1 fully saturated rings. The van der Waals surface area contributed by atoms with Gasteiger partial charge in [-0.1, -0.05) is 56.4 Å². The molecule has 0 saturated heterocycles. The Labute approximate surface area is 153 Å². The Morgan fingerprint density at radius 3 is 2.64 bits per heavy atom. The number of benzene rings is 1. The molecule has 1 nitrogen and oxygen atoms in total. The third-order valence-corrected chi connectivity index (χ3v) is 6.11. The number of allylic oxidation sites excluding steroid dienone is 3. The van der Waals surface area contributed by atoms with Crippen molar-refractivity contribution in [2.24, 2.45) is 23.2 Å². The molecule has 1 saturated carbocycles. The number of hydrogen-bond acceptors (Lipinski definition) is 1. The van der Waals surface area contributed by atoms with Crippen molar-refractivity contribution in [3.05, 3.63) is 66.3 Å². The van der Waals surface area contributed by atoms with Gasteiger partial charge in [-0.05, 0) is 73.5 Å². The number of nitrogens with zero attached hydrogens (tertiary/aromatic N) is 1. The summed E-state index contributed by atoms with van der Waals surface area (Å²) in [5.74, 6) is 1.97. The molecule has 0 aliphatic heterocycles. The van der Waals surface area contributed by atoms with Crippen LogP contribution < -0.4 is 0 Å². The smallest absolute Gasteiger partial charge is 0.0991 e. The summed E-state index contributed by atoms with van der Waals surface area (Å²) in [6, 6.07) is 9.92. The van der Waals surface area contributed by atoms with Gasteiger partial charge in [0.1, 0.15) is 0 Å². The van der Waals surface area contributed by atoms with E-state index >= 15 is 0 Å². The van der Waals surface area contributed by atoms with Gasteiger partial charge in [0.2, 0.25) is 0 Å². The Balaban J connectivity index is 1.95. The largest absolute Gasteiger partial charge is 0.192 e. The van der Waals surface area contributed by atoms with E-state index in [0.29, 0.717) is 17.4 Å².